The van der Waals surface area contributed by atoms with Gasteiger partial charge in [-0.25, -0.2) is 9.13 Å². The number of aliphatic hydroxyl groups is 1. The molecule has 552 valence electrons. The number of ether oxygens (including phenoxy) is 4. The molecule has 0 aromatic rings. The lowest BCUT2D eigenvalue weighted by atomic mass is 9.99. The Balaban J connectivity index is 5.26. The second-order valence-electron chi connectivity index (χ2n) is 27.4. The number of carbonyl (C=O) groups is 4. The van der Waals surface area contributed by atoms with E-state index in [4.69, 9.17) is 37.0 Å². The summed E-state index contributed by atoms with van der Waals surface area (Å²) in [4.78, 5) is 72.7. The van der Waals surface area contributed by atoms with Crippen molar-refractivity contribution in [2.24, 2.45) is 11.8 Å². The van der Waals surface area contributed by atoms with Gasteiger partial charge in [0.2, 0.25) is 0 Å². The number of esters is 4. The molecule has 0 spiro atoms. The monoisotopic (exact) mass is 1370 g/mol. The van der Waals surface area contributed by atoms with Crippen LogP contribution in [0.15, 0.2) is 0 Å². The van der Waals surface area contributed by atoms with Crippen molar-refractivity contribution in [1.29, 1.82) is 0 Å². The van der Waals surface area contributed by atoms with Crippen molar-refractivity contribution in [2.75, 3.05) is 39.6 Å². The first-order valence-corrected chi connectivity index (χ1v) is 41.5. The van der Waals surface area contributed by atoms with Crippen LogP contribution in [0.1, 0.15) is 382 Å². The summed E-state index contributed by atoms with van der Waals surface area (Å²) in [5.41, 5.74) is 0. The third-order valence-electron chi connectivity index (χ3n) is 17.6. The molecule has 0 saturated carbocycles. The lowest BCUT2D eigenvalue weighted by Crippen LogP contribution is -2.30. The molecule has 0 rings (SSSR count). The largest absolute Gasteiger partial charge is 0.472 e. The Morgan fingerprint density at radius 1 is 0.312 bits per heavy atom. The molecule has 3 N–H and O–H groups in total. The summed E-state index contributed by atoms with van der Waals surface area (Å²) in [5, 5.41) is 10.6. The fraction of sp³-hybridized carbons (Fsp3) is 0.946. The molecule has 0 aromatic heterocycles. The van der Waals surface area contributed by atoms with Crippen LogP contribution in [-0.4, -0.2) is 96.7 Å². The van der Waals surface area contributed by atoms with Crippen molar-refractivity contribution in [3.8, 4) is 0 Å². The highest BCUT2D eigenvalue weighted by atomic mass is 31.2. The van der Waals surface area contributed by atoms with E-state index in [1.54, 1.807) is 0 Å². The third kappa shape index (κ3) is 67.0. The fourth-order valence-electron chi connectivity index (χ4n) is 11.3. The van der Waals surface area contributed by atoms with Gasteiger partial charge in [0.15, 0.2) is 12.2 Å². The standard InChI is InChI=1S/C74H144O17P2/c1-7-10-12-14-16-18-20-21-24-28-32-39-45-51-57-72(77)85-62-69(90-73(78)58-52-46-40-33-29-25-22-23-27-30-36-42-48-54-66(4)5)64-88-92(80,81)86-60-68(75)61-87-93(82,83)89-65-70(63-84-71(76)56-50-44-38-31-26-19-17-15-13-11-8-2)91-74(79)59-53-47-41-35-34-37-43-49-55-67(6)9-3/h66-70,75H,7-65H2,1-6H3,(H,80,81)(H,82,83)/t67?,68-,69-,70-/m1/s1. The topological polar surface area (TPSA) is 237 Å². The van der Waals surface area contributed by atoms with E-state index in [0.29, 0.717) is 25.7 Å². The minimum absolute atomic E-state index is 0.105. The zero-order valence-electron chi connectivity index (χ0n) is 60.6. The summed E-state index contributed by atoms with van der Waals surface area (Å²) in [6, 6.07) is 0. The predicted molar refractivity (Wildman–Crippen MR) is 377 cm³/mol. The van der Waals surface area contributed by atoms with Crippen LogP contribution >= 0.6 is 15.6 Å². The highest BCUT2D eigenvalue weighted by Gasteiger charge is 2.30. The van der Waals surface area contributed by atoms with Crippen molar-refractivity contribution in [1.82, 2.24) is 0 Å². The molecule has 0 aromatic carbocycles. The van der Waals surface area contributed by atoms with Crippen LogP contribution in [0.5, 0.6) is 0 Å². The summed E-state index contributed by atoms with van der Waals surface area (Å²) in [5.74, 6) is -0.561. The van der Waals surface area contributed by atoms with Crippen molar-refractivity contribution in [3.05, 3.63) is 0 Å². The van der Waals surface area contributed by atoms with Crippen LogP contribution in [0, 0.1) is 11.8 Å². The minimum atomic E-state index is -4.96. The van der Waals surface area contributed by atoms with E-state index in [-0.39, 0.29) is 25.7 Å². The fourth-order valence-corrected chi connectivity index (χ4v) is 12.8. The van der Waals surface area contributed by atoms with E-state index in [2.05, 4.69) is 41.5 Å². The molecule has 0 saturated heterocycles. The lowest BCUT2D eigenvalue weighted by molar-refractivity contribution is -0.161. The van der Waals surface area contributed by atoms with Gasteiger partial charge in [0.1, 0.15) is 19.3 Å². The van der Waals surface area contributed by atoms with Gasteiger partial charge in [0.25, 0.3) is 0 Å². The van der Waals surface area contributed by atoms with Crippen LogP contribution in [0.25, 0.3) is 0 Å². The third-order valence-corrected chi connectivity index (χ3v) is 19.5. The molecule has 17 nitrogen and oxygen atoms in total. The van der Waals surface area contributed by atoms with Crippen LogP contribution in [0.4, 0.5) is 0 Å². The number of unbranched alkanes of at least 4 members (excludes halogenated alkanes) is 42. The summed E-state index contributed by atoms with van der Waals surface area (Å²) in [7, 11) is -9.91. The highest BCUT2D eigenvalue weighted by Crippen LogP contribution is 2.45. The number of hydrogen-bond acceptors (Lipinski definition) is 15. The van der Waals surface area contributed by atoms with E-state index in [9.17, 15) is 43.2 Å². The molecule has 0 bridgehead atoms. The van der Waals surface area contributed by atoms with Crippen molar-refractivity contribution < 1.29 is 80.2 Å². The van der Waals surface area contributed by atoms with E-state index in [0.717, 1.165) is 102 Å². The maximum atomic E-state index is 13.1. The van der Waals surface area contributed by atoms with Crippen LogP contribution < -0.4 is 0 Å². The van der Waals surface area contributed by atoms with Crippen LogP contribution in [-0.2, 0) is 65.4 Å². The molecular weight excluding hydrogens is 1220 g/mol. The summed E-state index contributed by atoms with van der Waals surface area (Å²) >= 11 is 0. The quantitative estimate of drug-likeness (QED) is 0.0222. The molecule has 19 heteroatoms. The molecule has 0 radical (unpaired) electrons. The van der Waals surface area contributed by atoms with Gasteiger partial charge in [-0.2, -0.15) is 0 Å². The van der Waals surface area contributed by atoms with Gasteiger partial charge < -0.3 is 33.8 Å². The second kappa shape index (κ2) is 66.0. The zero-order valence-corrected chi connectivity index (χ0v) is 62.3. The first-order chi connectivity index (χ1) is 44.9. The number of phosphoric ester groups is 2. The molecule has 0 aliphatic rings. The average molecular weight is 1370 g/mol. The Kier molecular flexibility index (Phi) is 64.6. The molecular formula is C74H144O17P2. The maximum absolute atomic E-state index is 13.1. The Labute approximate surface area is 568 Å². The van der Waals surface area contributed by atoms with Crippen molar-refractivity contribution in [3.63, 3.8) is 0 Å². The average Bonchev–Trinajstić information content (AvgIpc) is 2.02. The molecule has 3 unspecified atom stereocenters. The first kappa shape index (κ1) is 91.1. The van der Waals surface area contributed by atoms with Crippen LogP contribution in [0.3, 0.4) is 0 Å². The maximum Gasteiger partial charge on any atom is 0.472 e. The van der Waals surface area contributed by atoms with Gasteiger partial charge in [-0.3, -0.25) is 37.3 Å². The van der Waals surface area contributed by atoms with Gasteiger partial charge in [0, 0.05) is 25.7 Å². The predicted octanol–water partition coefficient (Wildman–Crippen LogP) is 21.6. The molecule has 0 amide bonds. The molecule has 93 heavy (non-hydrogen) atoms. The molecule has 0 heterocycles. The van der Waals surface area contributed by atoms with Crippen molar-refractivity contribution in [2.45, 2.75) is 400 Å². The van der Waals surface area contributed by atoms with Gasteiger partial charge in [-0.05, 0) is 37.5 Å². The summed E-state index contributed by atoms with van der Waals surface area (Å²) < 4.78 is 68.5. The molecule has 0 aliphatic carbocycles. The van der Waals surface area contributed by atoms with Crippen LogP contribution in [0.2, 0.25) is 0 Å². The minimum Gasteiger partial charge on any atom is -0.462 e. The second-order valence-corrected chi connectivity index (χ2v) is 30.3. The normalized spacial score (nSPS) is 14.3. The van der Waals surface area contributed by atoms with E-state index < -0.39 is 97.5 Å². The van der Waals surface area contributed by atoms with Crippen molar-refractivity contribution >= 4 is 39.5 Å². The zero-order chi connectivity index (χ0) is 68.6. The Morgan fingerprint density at radius 3 is 0.817 bits per heavy atom. The highest BCUT2D eigenvalue weighted by molar-refractivity contribution is 7.47. The first-order valence-electron chi connectivity index (χ1n) is 38.5. The summed E-state index contributed by atoms with van der Waals surface area (Å²) in [6.07, 6.45) is 52.5. The number of carbonyl (C=O) groups excluding carboxylic acids is 4. The Morgan fingerprint density at radius 2 is 0.548 bits per heavy atom. The Bertz CT molecular complexity index is 1810. The lowest BCUT2D eigenvalue weighted by Gasteiger charge is -2.21. The van der Waals surface area contributed by atoms with E-state index >= 15 is 0 Å². The number of aliphatic hydroxyl groups excluding tert-OH is 1. The molecule has 0 aliphatic heterocycles. The van der Waals surface area contributed by atoms with Gasteiger partial charge in [-0.1, -0.05) is 330 Å². The molecule has 0 fully saturated rings. The smallest absolute Gasteiger partial charge is 0.462 e. The number of phosphoric acid groups is 2. The number of rotatable bonds is 73. The van der Waals surface area contributed by atoms with Gasteiger partial charge in [0.05, 0.1) is 26.4 Å². The Hall–Kier alpha value is -1.94. The summed E-state index contributed by atoms with van der Waals surface area (Å²) in [6.45, 7) is 9.60. The number of hydrogen-bond donors (Lipinski definition) is 3. The van der Waals surface area contributed by atoms with Gasteiger partial charge >= 0.3 is 39.5 Å². The SMILES string of the molecule is CCCCCCCCCCCCCCCCC(=O)OC[C@H](COP(=O)(O)OC[C@@H](O)COP(=O)(O)OC[C@@H](COC(=O)CCCCCCCCCCCCC)OC(=O)CCCCCCCCCCC(C)CC)OC(=O)CCCCCCCCCCCCCCCC(C)C. The van der Waals surface area contributed by atoms with Gasteiger partial charge in [-0.15, -0.1) is 0 Å². The molecule has 6 atom stereocenters. The van der Waals surface area contributed by atoms with E-state index in [1.807, 2.05) is 0 Å². The van der Waals surface area contributed by atoms with E-state index in [1.165, 1.54) is 199 Å².